The van der Waals surface area contributed by atoms with E-state index >= 15 is 0 Å². The molecule has 0 aliphatic rings. The van der Waals surface area contributed by atoms with Crippen LogP contribution in [-0.2, 0) is 4.79 Å². The van der Waals surface area contributed by atoms with Gasteiger partial charge in [-0.05, 0) is 37.5 Å². The van der Waals surface area contributed by atoms with Gasteiger partial charge in [-0.3, -0.25) is 4.79 Å². The Morgan fingerprint density at radius 3 is 2.58 bits per heavy atom. The van der Waals surface area contributed by atoms with Gasteiger partial charge in [0.05, 0.1) is 12.1 Å². The summed E-state index contributed by atoms with van der Waals surface area (Å²) in [5.74, 6) is -0.632. The topological polar surface area (TPSA) is 52.9 Å². The van der Waals surface area contributed by atoms with Crippen LogP contribution in [0.1, 0.15) is 45.2 Å². The highest BCUT2D eigenvalue weighted by molar-refractivity contribution is 5.85. The molecule has 0 aromatic heterocycles. The highest BCUT2D eigenvalue weighted by Gasteiger charge is 2.35. The highest BCUT2D eigenvalue weighted by Crippen LogP contribution is 2.27. The summed E-state index contributed by atoms with van der Waals surface area (Å²) in [6.45, 7) is 5.42. The number of benzene rings is 1. The summed E-state index contributed by atoms with van der Waals surface area (Å²) in [7, 11) is 0. The summed E-state index contributed by atoms with van der Waals surface area (Å²) in [5.41, 5.74) is -0.311. The molecule has 1 amide bonds. The third-order valence-corrected chi connectivity index (χ3v) is 3.55. The largest absolute Gasteiger partial charge is 0.348 e. The van der Waals surface area contributed by atoms with Gasteiger partial charge in [-0.25, -0.2) is 4.39 Å². The molecule has 1 N–H and O–H groups in total. The SMILES string of the molecule is CCC(C#N)(CC)C(=O)NC(C)c1cccc(F)c1. The lowest BCUT2D eigenvalue weighted by atomic mass is 9.82. The van der Waals surface area contributed by atoms with Gasteiger partial charge < -0.3 is 5.32 Å². The van der Waals surface area contributed by atoms with E-state index in [2.05, 4.69) is 11.4 Å². The molecule has 0 radical (unpaired) electrons. The minimum Gasteiger partial charge on any atom is -0.348 e. The Morgan fingerprint density at radius 2 is 2.11 bits per heavy atom. The lowest BCUT2D eigenvalue weighted by Gasteiger charge is -2.25. The van der Waals surface area contributed by atoms with Crippen molar-refractivity contribution in [2.75, 3.05) is 0 Å². The number of nitriles is 1. The molecule has 4 heteroatoms. The van der Waals surface area contributed by atoms with Crippen LogP contribution in [0, 0.1) is 22.6 Å². The average Bonchev–Trinajstić information content (AvgIpc) is 2.41. The number of carbonyl (C=O) groups is 1. The first-order valence-corrected chi connectivity index (χ1v) is 6.46. The maximum atomic E-state index is 13.1. The van der Waals surface area contributed by atoms with Crippen molar-refractivity contribution < 1.29 is 9.18 Å². The van der Waals surface area contributed by atoms with E-state index in [1.807, 2.05) is 13.8 Å². The van der Waals surface area contributed by atoms with E-state index in [-0.39, 0.29) is 17.8 Å². The van der Waals surface area contributed by atoms with Crippen LogP contribution in [0.2, 0.25) is 0 Å². The van der Waals surface area contributed by atoms with Gasteiger partial charge in [0.2, 0.25) is 5.91 Å². The maximum Gasteiger partial charge on any atom is 0.240 e. The molecule has 0 bridgehead atoms. The summed E-state index contributed by atoms with van der Waals surface area (Å²) in [6.07, 6.45) is 0.920. The Hall–Kier alpha value is -1.89. The third kappa shape index (κ3) is 3.31. The zero-order valence-corrected chi connectivity index (χ0v) is 11.5. The lowest BCUT2D eigenvalue weighted by Crippen LogP contribution is -2.40. The Balaban J connectivity index is 2.85. The Kier molecular flexibility index (Phi) is 5.05. The summed E-state index contributed by atoms with van der Waals surface area (Å²) in [6, 6.07) is 7.87. The van der Waals surface area contributed by atoms with E-state index in [1.165, 1.54) is 12.1 Å². The molecule has 0 saturated heterocycles. The van der Waals surface area contributed by atoms with Gasteiger partial charge in [-0.15, -0.1) is 0 Å². The first-order chi connectivity index (χ1) is 8.99. The van der Waals surface area contributed by atoms with Crippen LogP contribution in [0.15, 0.2) is 24.3 Å². The van der Waals surface area contributed by atoms with E-state index in [4.69, 9.17) is 0 Å². The number of nitrogens with one attached hydrogen (secondary N) is 1. The number of halogens is 1. The van der Waals surface area contributed by atoms with Crippen molar-refractivity contribution in [1.82, 2.24) is 5.32 Å². The summed E-state index contributed by atoms with van der Waals surface area (Å²) >= 11 is 0. The molecular weight excluding hydrogens is 243 g/mol. The normalized spacial score (nSPS) is 12.6. The second-order valence-corrected chi connectivity index (χ2v) is 4.65. The van der Waals surface area contributed by atoms with Crippen molar-refractivity contribution in [2.24, 2.45) is 5.41 Å². The molecule has 1 aromatic rings. The predicted octanol–water partition coefficient (Wildman–Crippen LogP) is 3.33. The first-order valence-electron chi connectivity index (χ1n) is 6.46. The maximum absolute atomic E-state index is 13.1. The molecule has 0 heterocycles. The highest BCUT2D eigenvalue weighted by atomic mass is 19.1. The lowest BCUT2D eigenvalue weighted by molar-refractivity contribution is -0.129. The van der Waals surface area contributed by atoms with E-state index < -0.39 is 5.41 Å². The molecule has 1 rings (SSSR count). The van der Waals surface area contributed by atoms with Gasteiger partial charge in [-0.2, -0.15) is 5.26 Å². The van der Waals surface area contributed by atoms with E-state index in [9.17, 15) is 14.4 Å². The van der Waals surface area contributed by atoms with E-state index in [0.29, 0.717) is 18.4 Å². The summed E-state index contributed by atoms with van der Waals surface area (Å²) in [4.78, 5) is 12.2. The molecule has 1 aromatic carbocycles. The third-order valence-electron chi connectivity index (χ3n) is 3.55. The van der Waals surface area contributed by atoms with Crippen LogP contribution < -0.4 is 5.32 Å². The van der Waals surface area contributed by atoms with Gasteiger partial charge in [0.25, 0.3) is 0 Å². The van der Waals surface area contributed by atoms with Gasteiger partial charge in [-0.1, -0.05) is 26.0 Å². The zero-order chi connectivity index (χ0) is 14.5. The van der Waals surface area contributed by atoms with Crippen molar-refractivity contribution in [2.45, 2.75) is 39.7 Å². The van der Waals surface area contributed by atoms with Crippen LogP contribution in [0.5, 0.6) is 0 Å². The minimum atomic E-state index is -0.998. The summed E-state index contributed by atoms with van der Waals surface area (Å²) in [5, 5.41) is 12.0. The Labute approximate surface area is 113 Å². The molecule has 0 spiro atoms. The van der Waals surface area contributed by atoms with Crippen LogP contribution in [-0.4, -0.2) is 5.91 Å². The number of nitrogens with zero attached hydrogens (tertiary/aromatic N) is 1. The Bertz CT molecular complexity index is 489. The van der Waals surface area contributed by atoms with Crippen molar-refractivity contribution >= 4 is 5.91 Å². The van der Waals surface area contributed by atoms with Crippen molar-refractivity contribution in [3.05, 3.63) is 35.6 Å². The second kappa shape index (κ2) is 6.33. The van der Waals surface area contributed by atoms with Crippen molar-refractivity contribution in [3.63, 3.8) is 0 Å². The number of hydrogen-bond acceptors (Lipinski definition) is 2. The summed E-state index contributed by atoms with van der Waals surface area (Å²) < 4.78 is 13.1. The van der Waals surface area contributed by atoms with Crippen molar-refractivity contribution in [3.8, 4) is 6.07 Å². The van der Waals surface area contributed by atoms with Gasteiger partial charge in [0.1, 0.15) is 11.2 Å². The molecule has 0 fully saturated rings. The van der Waals surface area contributed by atoms with Gasteiger partial charge in [0.15, 0.2) is 0 Å². The molecule has 102 valence electrons. The number of hydrogen-bond donors (Lipinski definition) is 1. The molecule has 1 unspecified atom stereocenters. The van der Waals surface area contributed by atoms with E-state index in [1.54, 1.807) is 19.1 Å². The van der Waals surface area contributed by atoms with E-state index in [0.717, 1.165) is 0 Å². The smallest absolute Gasteiger partial charge is 0.240 e. The molecule has 0 aliphatic carbocycles. The van der Waals surface area contributed by atoms with Gasteiger partial charge >= 0.3 is 0 Å². The fraction of sp³-hybridized carbons (Fsp3) is 0.467. The number of amides is 1. The fourth-order valence-corrected chi connectivity index (χ4v) is 1.97. The van der Waals surface area contributed by atoms with Crippen LogP contribution in [0.4, 0.5) is 4.39 Å². The minimum absolute atomic E-state index is 0.295. The molecule has 0 saturated carbocycles. The molecule has 0 aliphatic heterocycles. The molecule has 19 heavy (non-hydrogen) atoms. The van der Waals surface area contributed by atoms with Crippen LogP contribution in [0.3, 0.4) is 0 Å². The standard InChI is InChI=1S/C15H19FN2O/c1-4-15(5-2,10-17)14(19)18-11(3)12-7-6-8-13(16)9-12/h6-9,11H,4-5H2,1-3H3,(H,18,19). The predicted molar refractivity (Wildman–Crippen MR) is 71.6 cm³/mol. The van der Waals surface area contributed by atoms with Gasteiger partial charge in [0, 0.05) is 0 Å². The fourth-order valence-electron chi connectivity index (χ4n) is 1.97. The second-order valence-electron chi connectivity index (χ2n) is 4.65. The zero-order valence-electron chi connectivity index (χ0n) is 11.5. The number of carbonyl (C=O) groups excluding carboxylic acids is 1. The monoisotopic (exact) mass is 262 g/mol. The quantitative estimate of drug-likeness (QED) is 0.884. The van der Waals surface area contributed by atoms with Crippen molar-refractivity contribution in [1.29, 1.82) is 5.26 Å². The van der Waals surface area contributed by atoms with Crippen LogP contribution in [0.25, 0.3) is 0 Å². The first kappa shape index (κ1) is 15.2. The average molecular weight is 262 g/mol. The van der Waals surface area contributed by atoms with Crippen LogP contribution >= 0.6 is 0 Å². The molecular formula is C15H19FN2O. The Morgan fingerprint density at radius 1 is 1.47 bits per heavy atom. The molecule has 1 atom stereocenters. The number of rotatable bonds is 5. The molecule has 3 nitrogen and oxygen atoms in total.